The number of carbonyl (C=O) groups excluding carboxylic acids is 1. The lowest BCUT2D eigenvalue weighted by Gasteiger charge is -2.39. The van der Waals surface area contributed by atoms with Crippen LogP contribution in [0.5, 0.6) is 0 Å². The van der Waals surface area contributed by atoms with Gasteiger partial charge in [0.2, 0.25) is 0 Å². The number of benzene rings is 1. The molecule has 3 rings (SSSR count). The van der Waals surface area contributed by atoms with Crippen LogP contribution in [0.15, 0.2) is 34.9 Å². The standard InChI is InChI=1S/C17H21FN2OS/c1-10(19)16(22)17(21)20-14-6-7-15(20)9-12(8-14)11-2-4-13(18)5-3-11/h2-5,12,14-15,22H,6-9,19H2,1H3/b16-10-. The maximum absolute atomic E-state index is 13.1. The molecular formula is C17H21FN2OS. The highest BCUT2D eigenvalue weighted by Crippen LogP contribution is 2.43. The monoisotopic (exact) mass is 320 g/mol. The van der Waals surface area contributed by atoms with Gasteiger partial charge in [-0.05, 0) is 56.2 Å². The van der Waals surface area contributed by atoms with E-state index in [9.17, 15) is 9.18 Å². The smallest absolute Gasteiger partial charge is 0.262 e. The van der Waals surface area contributed by atoms with Crippen LogP contribution in [0.3, 0.4) is 0 Å². The van der Waals surface area contributed by atoms with E-state index in [1.54, 1.807) is 6.92 Å². The van der Waals surface area contributed by atoms with Crippen molar-refractivity contribution < 1.29 is 9.18 Å². The number of nitrogens with two attached hydrogens (primary N) is 1. The molecule has 1 aromatic carbocycles. The first-order valence-electron chi connectivity index (χ1n) is 7.70. The summed E-state index contributed by atoms with van der Waals surface area (Å²) in [5.41, 5.74) is 7.34. The molecule has 1 amide bonds. The number of amides is 1. The van der Waals surface area contributed by atoms with Crippen LogP contribution < -0.4 is 5.73 Å². The van der Waals surface area contributed by atoms with Gasteiger partial charge in [-0.15, -0.1) is 12.6 Å². The Morgan fingerprint density at radius 2 is 1.77 bits per heavy atom. The number of carbonyl (C=O) groups is 1. The number of fused-ring (bicyclic) bond motifs is 2. The second kappa shape index (κ2) is 5.95. The summed E-state index contributed by atoms with van der Waals surface area (Å²) < 4.78 is 13.1. The van der Waals surface area contributed by atoms with E-state index in [4.69, 9.17) is 5.73 Å². The van der Waals surface area contributed by atoms with Crippen molar-refractivity contribution in [3.8, 4) is 0 Å². The van der Waals surface area contributed by atoms with Gasteiger partial charge in [0.05, 0.1) is 4.91 Å². The summed E-state index contributed by atoms with van der Waals surface area (Å²) >= 11 is 4.26. The number of thiol groups is 1. The first-order chi connectivity index (χ1) is 10.5. The zero-order valence-electron chi connectivity index (χ0n) is 12.6. The van der Waals surface area contributed by atoms with Crippen molar-refractivity contribution in [2.45, 2.75) is 50.6 Å². The third-order valence-corrected chi connectivity index (χ3v) is 5.43. The average molecular weight is 320 g/mol. The number of hydrogen-bond acceptors (Lipinski definition) is 3. The largest absolute Gasteiger partial charge is 0.401 e. The third-order valence-electron chi connectivity index (χ3n) is 4.89. The van der Waals surface area contributed by atoms with Crippen molar-refractivity contribution in [3.63, 3.8) is 0 Å². The molecule has 22 heavy (non-hydrogen) atoms. The fourth-order valence-corrected chi connectivity index (χ4v) is 3.92. The van der Waals surface area contributed by atoms with Gasteiger partial charge in [0.1, 0.15) is 5.82 Å². The van der Waals surface area contributed by atoms with E-state index < -0.39 is 0 Å². The minimum Gasteiger partial charge on any atom is -0.401 e. The molecule has 2 heterocycles. The van der Waals surface area contributed by atoms with Gasteiger partial charge in [-0.25, -0.2) is 4.39 Å². The summed E-state index contributed by atoms with van der Waals surface area (Å²) in [5, 5.41) is 0. The Balaban J connectivity index is 1.78. The molecule has 118 valence electrons. The molecule has 0 saturated carbocycles. The molecule has 2 atom stereocenters. The van der Waals surface area contributed by atoms with Crippen molar-refractivity contribution >= 4 is 18.5 Å². The number of nitrogens with zero attached hydrogens (tertiary/aromatic N) is 1. The van der Waals surface area contributed by atoms with Crippen molar-refractivity contribution in [2.75, 3.05) is 0 Å². The number of piperidine rings is 1. The fourth-order valence-electron chi connectivity index (χ4n) is 3.81. The molecule has 5 heteroatoms. The topological polar surface area (TPSA) is 46.3 Å². The quantitative estimate of drug-likeness (QED) is 0.649. The van der Waals surface area contributed by atoms with Gasteiger partial charge in [-0.1, -0.05) is 12.1 Å². The summed E-state index contributed by atoms with van der Waals surface area (Å²) in [6.07, 6.45) is 3.91. The van der Waals surface area contributed by atoms with E-state index in [1.807, 2.05) is 17.0 Å². The highest BCUT2D eigenvalue weighted by molar-refractivity contribution is 7.85. The fraction of sp³-hybridized carbons (Fsp3) is 0.471. The first kappa shape index (κ1) is 15.4. The molecule has 3 nitrogen and oxygen atoms in total. The molecule has 2 saturated heterocycles. The molecule has 2 aliphatic rings. The number of halogens is 1. The minimum absolute atomic E-state index is 0.0478. The third kappa shape index (κ3) is 2.74. The molecule has 2 unspecified atom stereocenters. The van der Waals surface area contributed by atoms with Crippen molar-refractivity contribution in [1.82, 2.24) is 4.90 Å². The summed E-state index contributed by atoms with van der Waals surface area (Å²) in [6, 6.07) is 7.24. The predicted molar refractivity (Wildman–Crippen MR) is 87.9 cm³/mol. The lowest BCUT2D eigenvalue weighted by molar-refractivity contribution is -0.130. The Kier molecular flexibility index (Phi) is 4.17. The zero-order chi connectivity index (χ0) is 15.9. The lowest BCUT2D eigenvalue weighted by Crippen LogP contribution is -2.46. The Hall–Kier alpha value is -1.49. The highest BCUT2D eigenvalue weighted by atomic mass is 32.1. The second-order valence-corrected chi connectivity index (χ2v) is 6.80. The van der Waals surface area contributed by atoms with Gasteiger partial charge < -0.3 is 10.6 Å². The Labute approximate surface area is 135 Å². The van der Waals surface area contributed by atoms with Crippen LogP contribution in [-0.2, 0) is 4.79 Å². The van der Waals surface area contributed by atoms with Crippen molar-refractivity contribution in [2.24, 2.45) is 5.73 Å². The Morgan fingerprint density at radius 1 is 1.23 bits per heavy atom. The number of rotatable bonds is 2. The number of allylic oxidation sites excluding steroid dienone is 1. The molecule has 0 spiro atoms. The molecule has 2 aliphatic heterocycles. The van der Waals surface area contributed by atoms with Crippen LogP contribution in [0, 0.1) is 5.82 Å². The maximum atomic E-state index is 13.1. The van der Waals surface area contributed by atoms with E-state index in [0.29, 0.717) is 16.5 Å². The summed E-state index contributed by atoms with van der Waals surface area (Å²) in [4.78, 5) is 14.9. The van der Waals surface area contributed by atoms with Crippen LogP contribution in [0.1, 0.15) is 44.1 Å². The maximum Gasteiger partial charge on any atom is 0.262 e. The van der Waals surface area contributed by atoms with Crippen LogP contribution in [-0.4, -0.2) is 22.9 Å². The summed E-state index contributed by atoms with van der Waals surface area (Å²) in [6.45, 7) is 1.70. The van der Waals surface area contributed by atoms with Gasteiger partial charge in [0.15, 0.2) is 0 Å². The summed E-state index contributed by atoms with van der Waals surface area (Å²) in [5.74, 6) is 0.143. The van der Waals surface area contributed by atoms with Crippen LogP contribution in [0.2, 0.25) is 0 Å². The normalized spacial score (nSPS) is 28.5. The molecule has 0 aromatic heterocycles. The van der Waals surface area contributed by atoms with Crippen LogP contribution in [0.4, 0.5) is 4.39 Å². The molecule has 2 N–H and O–H groups in total. The SMILES string of the molecule is C/C(N)=C(/S)C(=O)N1C2CCC1CC(c1ccc(F)cc1)C2. The first-order valence-corrected chi connectivity index (χ1v) is 8.15. The van der Waals surface area contributed by atoms with Gasteiger partial charge >= 0.3 is 0 Å². The lowest BCUT2D eigenvalue weighted by atomic mass is 9.85. The van der Waals surface area contributed by atoms with E-state index in [0.717, 1.165) is 25.7 Å². The van der Waals surface area contributed by atoms with E-state index >= 15 is 0 Å². The molecule has 0 aliphatic carbocycles. The molecule has 2 fully saturated rings. The molecule has 1 aromatic rings. The van der Waals surface area contributed by atoms with Gasteiger partial charge in [0.25, 0.3) is 5.91 Å². The van der Waals surface area contributed by atoms with Crippen molar-refractivity contribution in [1.29, 1.82) is 0 Å². The molecule has 0 radical (unpaired) electrons. The van der Waals surface area contributed by atoms with Crippen molar-refractivity contribution in [3.05, 3.63) is 46.2 Å². The molecule has 2 bridgehead atoms. The average Bonchev–Trinajstić information content (AvgIpc) is 2.76. The number of hydrogen-bond donors (Lipinski definition) is 2. The second-order valence-electron chi connectivity index (χ2n) is 6.35. The van der Waals surface area contributed by atoms with E-state index in [-0.39, 0.29) is 23.8 Å². The van der Waals surface area contributed by atoms with E-state index in [1.165, 1.54) is 17.7 Å². The minimum atomic E-state index is -0.206. The van der Waals surface area contributed by atoms with Gasteiger partial charge in [-0.3, -0.25) is 4.79 Å². The highest BCUT2D eigenvalue weighted by Gasteiger charge is 2.43. The van der Waals surface area contributed by atoms with Gasteiger partial charge in [-0.2, -0.15) is 0 Å². The van der Waals surface area contributed by atoms with Gasteiger partial charge in [0, 0.05) is 17.8 Å². The Morgan fingerprint density at radius 3 is 2.27 bits per heavy atom. The summed E-state index contributed by atoms with van der Waals surface area (Å²) in [7, 11) is 0. The predicted octanol–water partition coefficient (Wildman–Crippen LogP) is 3.18. The molecular weight excluding hydrogens is 299 g/mol. The van der Waals surface area contributed by atoms with Crippen LogP contribution in [0.25, 0.3) is 0 Å². The Bertz CT molecular complexity index is 596. The zero-order valence-corrected chi connectivity index (χ0v) is 13.5. The van der Waals surface area contributed by atoms with E-state index in [2.05, 4.69) is 12.6 Å². The van der Waals surface area contributed by atoms with Crippen LogP contribution >= 0.6 is 12.6 Å².